The summed E-state index contributed by atoms with van der Waals surface area (Å²) in [6.07, 6.45) is 1.58. The Morgan fingerprint density at radius 2 is 2.07 bits per heavy atom. The molecule has 2 aliphatic heterocycles. The van der Waals surface area contributed by atoms with Gasteiger partial charge in [0.2, 0.25) is 0 Å². The molecule has 9 heteroatoms. The van der Waals surface area contributed by atoms with Gasteiger partial charge < -0.3 is 14.7 Å². The third kappa shape index (κ3) is 3.45. The molecule has 0 bridgehead atoms. The van der Waals surface area contributed by atoms with Crippen LogP contribution in [0.5, 0.6) is 0 Å². The van der Waals surface area contributed by atoms with Gasteiger partial charge in [0.05, 0.1) is 28.5 Å². The van der Waals surface area contributed by atoms with Gasteiger partial charge in [-0.3, -0.25) is 0 Å². The number of rotatable bonds is 4. The Kier molecular flexibility index (Phi) is 4.35. The minimum absolute atomic E-state index is 0.0596. The van der Waals surface area contributed by atoms with Crippen LogP contribution in [-0.4, -0.2) is 51.6 Å². The van der Waals surface area contributed by atoms with Gasteiger partial charge in [0.15, 0.2) is 5.76 Å². The Hall–Kier alpha value is -2.36. The third-order valence-electron chi connectivity index (χ3n) is 4.73. The van der Waals surface area contributed by atoms with E-state index < -0.39 is 0 Å². The predicted octanol–water partition coefficient (Wildman–Crippen LogP) is 3.13. The molecule has 0 radical (unpaired) electrons. The van der Waals surface area contributed by atoms with Crippen molar-refractivity contribution in [2.75, 3.05) is 26.2 Å². The van der Waals surface area contributed by atoms with Crippen molar-refractivity contribution in [2.24, 2.45) is 0 Å². The van der Waals surface area contributed by atoms with Crippen LogP contribution in [0.15, 0.2) is 56.5 Å². The van der Waals surface area contributed by atoms with Gasteiger partial charge in [-0.15, -0.1) is 11.3 Å². The summed E-state index contributed by atoms with van der Waals surface area (Å²) in [6.45, 7) is 3.55. The minimum Gasteiger partial charge on any atom is -0.360 e. The molecule has 138 valence electrons. The van der Waals surface area contributed by atoms with Crippen molar-refractivity contribution >= 4 is 39.5 Å². The van der Waals surface area contributed by atoms with Crippen molar-refractivity contribution in [3.8, 4) is 0 Å². The number of benzene rings is 1. The summed E-state index contributed by atoms with van der Waals surface area (Å²) in [7, 11) is 0. The molecule has 0 aliphatic carbocycles. The lowest BCUT2D eigenvalue weighted by Crippen LogP contribution is -2.40. The Balaban J connectivity index is 1.14. The molecule has 27 heavy (non-hydrogen) atoms. The van der Waals surface area contributed by atoms with E-state index >= 15 is 0 Å². The van der Waals surface area contributed by atoms with E-state index in [0.717, 1.165) is 18.6 Å². The lowest BCUT2D eigenvalue weighted by atomic mass is 10.2. The molecule has 2 amide bonds. The van der Waals surface area contributed by atoms with E-state index in [0.29, 0.717) is 25.4 Å². The van der Waals surface area contributed by atoms with Crippen LogP contribution in [-0.2, 0) is 6.54 Å². The van der Waals surface area contributed by atoms with Crippen molar-refractivity contribution in [1.82, 2.24) is 24.7 Å². The van der Waals surface area contributed by atoms with Crippen LogP contribution in [0.25, 0.3) is 10.2 Å². The van der Waals surface area contributed by atoms with Crippen LogP contribution in [0.2, 0.25) is 0 Å². The highest BCUT2D eigenvalue weighted by Crippen LogP contribution is 2.34. The van der Waals surface area contributed by atoms with Crippen molar-refractivity contribution in [3.63, 3.8) is 0 Å². The lowest BCUT2D eigenvalue weighted by Gasteiger charge is -2.22. The second-order valence-electron chi connectivity index (χ2n) is 6.57. The van der Waals surface area contributed by atoms with E-state index in [1.807, 2.05) is 10.4 Å². The van der Waals surface area contributed by atoms with Crippen LogP contribution in [0.3, 0.4) is 0 Å². The zero-order valence-corrected chi connectivity index (χ0v) is 16.1. The lowest BCUT2D eigenvalue weighted by molar-refractivity contribution is 0.206. The van der Waals surface area contributed by atoms with Gasteiger partial charge >= 0.3 is 6.03 Å². The van der Waals surface area contributed by atoms with E-state index in [2.05, 4.69) is 38.0 Å². The maximum Gasteiger partial charge on any atom is 0.318 e. The van der Waals surface area contributed by atoms with E-state index in [1.54, 1.807) is 35.5 Å². The smallest absolute Gasteiger partial charge is 0.318 e. The number of thiazole rings is 1. The maximum atomic E-state index is 12.3. The number of amides is 2. The third-order valence-corrected chi connectivity index (χ3v) is 6.50. The first kappa shape index (κ1) is 16.8. The van der Waals surface area contributed by atoms with Crippen LogP contribution in [0, 0.1) is 0 Å². The molecule has 0 atom stereocenters. The van der Waals surface area contributed by atoms with E-state index in [4.69, 9.17) is 4.52 Å². The highest BCUT2D eigenvalue weighted by molar-refractivity contribution is 7.97. The summed E-state index contributed by atoms with van der Waals surface area (Å²) in [5, 5.41) is 6.53. The Morgan fingerprint density at radius 3 is 2.85 bits per heavy atom. The number of carbonyl (C=O) groups is 1. The molecule has 3 aromatic rings. The number of hydrogen-bond donors (Lipinski definition) is 1. The second kappa shape index (κ2) is 6.99. The van der Waals surface area contributed by atoms with Crippen LogP contribution in [0.4, 0.5) is 4.79 Å². The summed E-state index contributed by atoms with van der Waals surface area (Å²) in [4.78, 5) is 19.8. The first-order valence-corrected chi connectivity index (χ1v) is 10.3. The molecule has 0 saturated carbocycles. The van der Waals surface area contributed by atoms with Crippen molar-refractivity contribution in [1.29, 1.82) is 0 Å². The molecule has 2 aromatic heterocycles. The Morgan fingerprint density at radius 1 is 1.22 bits per heavy atom. The van der Waals surface area contributed by atoms with Gasteiger partial charge in [0.25, 0.3) is 0 Å². The summed E-state index contributed by atoms with van der Waals surface area (Å²) >= 11 is 3.44. The summed E-state index contributed by atoms with van der Waals surface area (Å²) in [5.41, 5.74) is 5.65. The first-order valence-electron chi connectivity index (χ1n) is 8.63. The van der Waals surface area contributed by atoms with Crippen LogP contribution < -0.4 is 5.32 Å². The van der Waals surface area contributed by atoms with Crippen molar-refractivity contribution < 1.29 is 9.32 Å². The molecule has 0 fully saturated rings. The molecular formula is C18H17N5O2S2. The molecule has 5 rings (SSSR count). The molecule has 7 nitrogen and oxygen atoms in total. The number of urea groups is 1. The van der Waals surface area contributed by atoms with E-state index in [-0.39, 0.29) is 6.03 Å². The quantitative estimate of drug-likeness (QED) is 0.537. The van der Waals surface area contributed by atoms with Gasteiger partial charge in [-0.05, 0) is 41.3 Å². The fraction of sp³-hybridized carbons (Fsp3) is 0.278. The minimum atomic E-state index is -0.0596. The molecule has 1 N–H and O–H groups in total. The van der Waals surface area contributed by atoms with Crippen LogP contribution in [0.1, 0.15) is 5.76 Å². The number of fused-ring (bicyclic) bond motifs is 1. The summed E-state index contributed by atoms with van der Waals surface area (Å²) < 4.78 is 8.58. The highest BCUT2D eigenvalue weighted by atomic mass is 32.2. The van der Waals surface area contributed by atoms with E-state index in [9.17, 15) is 4.79 Å². The molecule has 0 spiro atoms. The average molecular weight is 400 g/mol. The van der Waals surface area contributed by atoms with Gasteiger partial charge in [-0.1, -0.05) is 5.16 Å². The van der Waals surface area contributed by atoms with Gasteiger partial charge in [0, 0.05) is 37.1 Å². The zero-order valence-electron chi connectivity index (χ0n) is 14.4. The Bertz CT molecular complexity index is 996. The topological polar surface area (TPSA) is 74.5 Å². The fourth-order valence-corrected chi connectivity index (χ4v) is 5.23. The number of aromatic nitrogens is 2. The molecule has 1 aromatic carbocycles. The van der Waals surface area contributed by atoms with Crippen molar-refractivity contribution in [3.05, 3.63) is 52.9 Å². The number of nitrogens with one attached hydrogen (secondary N) is 1. The largest absolute Gasteiger partial charge is 0.360 e. The normalized spacial score (nSPS) is 17.1. The molecule has 4 heterocycles. The fourth-order valence-electron chi connectivity index (χ4n) is 3.40. The monoisotopic (exact) mass is 399 g/mol. The SMILES string of the molecule is O=C(NCc1ccno1)N1CC2=C(CN(Sc3ccc4ncsc4c3)C2)C1. The first-order chi connectivity index (χ1) is 13.2. The summed E-state index contributed by atoms with van der Waals surface area (Å²) in [5.74, 6) is 0.656. The van der Waals surface area contributed by atoms with Gasteiger partial charge in [0.1, 0.15) is 0 Å². The molecule has 0 unspecified atom stereocenters. The van der Waals surface area contributed by atoms with Gasteiger partial charge in [-0.25, -0.2) is 14.1 Å². The highest BCUT2D eigenvalue weighted by Gasteiger charge is 2.32. The second-order valence-corrected chi connectivity index (χ2v) is 8.63. The molecular weight excluding hydrogens is 382 g/mol. The summed E-state index contributed by atoms with van der Waals surface area (Å²) in [6, 6.07) is 8.09. The average Bonchev–Trinajstić information content (AvgIpc) is 3.42. The van der Waals surface area contributed by atoms with Gasteiger partial charge in [-0.2, -0.15) is 0 Å². The number of hydrogen-bond acceptors (Lipinski definition) is 7. The Labute approximate surface area is 164 Å². The maximum absolute atomic E-state index is 12.3. The number of nitrogens with zero attached hydrogens (tertiary/aromatic N) is 4. The standard InChI is InChI=1S/C18H17N5O2S2/c24-18(19-6-14-3-4-21-25-14)22-7-12-9-23(10-13(12)8-22)27-15-1-2-16-17(5-15)26-11-20-16/h1-5,11H,6-10H2,(H,19,24). The number of carbonyl (C=O) groups excluding carboxylic acids is 1. The zero-order chi connectivity index (χ0) is 18.2. The van der Waals surface area contributed by atoms with Crippen molar-refractivity contribution in [2.45, 2.75) is 11.4 Å². The van der Waals surface area contributed by atoms with E-state index in [1.165, 1.54) is 20.7 Å². The molecule has 0 saturated heterocycles. The van der Waals surface area contributed by atoms with Crippen LogP contribution >= 0.6 is 23.3 Å². The molecule has 2 aliphatic rings. The predicted molar refractivity (Wildman–Crippen MR) is 104 cm³/mol.